The highest BCUT2D eigenvalue weighted by atomic mass is 16.5. The number of aryl methyl sites for hydroxylation is 4. The van der Waals surface area contributed by atoms with Crippen molar-refractivity contribution in [1.82, 2.24) is 0 Å². The summed E-state index contributed by atoms with van der Waals surface area (Å²) in [5.41, 5.74) is 13.9. The summed E-state index contributed by atoms with van der Waals surface area (Å²) in [6.45, 7) is 10.4. The summed E-state index contributed by atoms with van der Waals surface area (Å²) in [5, 5.41) is 7.63. The van der Waals surface area contributed by atoms with Crippen LogP contribution in [0.25, 0.3) is 0 Å². The molecule has 0 aromatic heterocycles. The van der Waals surface area contributed by atoms with Gasteiger partial charge in [0.15, 0.2) is 0 Å². The molecule has 5 aromatic rings. The quantitative estimate of drug-likeness (QED) is 0.147. The van der Waals surface area contributed by atoms with Gasteiger partial charge in [-0.1, -0.05) is 98.8 Å². The third-order valence-corrected chi connectivity index (χ3v) is 8.50. The minimum absolute atomic E-state index is 0.0169. The number of hydrogen-bond acceptors (Lipinski definition) is 3. The van der Waals surface area contributed by atoms with E-state index in [0.29, 0.717) is 0 Å². The zero-order chi connectivity index (χ0) is 30.2. The fourth-order valence-corrected chi connectivity index (χ4v) is 5.89. The highest BCUT2D eigenvalue weighted by Crippen LogP contribution is 2.43. The van der Waals surface area contributed by atoms with Crippen molar-refractivity contribution in [3.05, 3.63) is 159 Å². The molecule has 0 spiro atoms. The van der Waals surface area contributed by atoms with Gasteiger partial charge in [-0.05, 0) is 101 Å². The smallest absolute Gasteiger partial charge is 0.118 e. The van der Waals surface area contributed by atoms with E-state index >= 15 is 0 Å². The zero-order valence-corrected chi connectivity index (χ0v) is 26.2. The van der Waals surface area contributed by atoms with E-state index in [1.54, 1.807) is 7.11 Å². The molecule has 0 heterocycles. The zero-order valence-electron chi connectivity index (χ0n) is 26.2. The van der Waals surface area contributed by atoms with Crippen LogP contribution in [0.3, 0.4) is 0 Å². The largest absolute Gasteiger partial charge is 0.497 e. The molecule has 220 valence electrons. The van der Waals surface area contributed by atoms with Gasteiger partial charge < -0.3 is 15.4 Å². The summed E-state index contributed by atoms with van der Waals surface area (Å²) in [5.74, 6) is 0.878. The predicted molar refractivity (Wildman–Crippen MR) is 183 cm³/mol. The van der Waals surface area contributed by atoms with Crippen LogP contribution < -0.4 is 15.4 Å². The lowest BCUT2D eigenvalue weighted by atomic mass is 9.79. The number of hydrogen-bond donors (Lipinski definition) is 2. The molecule has 0 aliphatic rings. The highest BCUT2D eigenvalue weighted by molar-refractivity contribution is 5.68. The Balaban J connectivity index is 1.57. The predicted octanol–water partition coefficient (Wildman–Crippen LogP) is 9.84. The van der Waals surface area contributed by atoms with Gasteiger partial charge in [0, 0.05) is 30.4 Å². The first kappa shape index (κ1) is 30.0. The van der Waals surface area contributed by atoms with Crippen LogP contribution in [0.4, 0.5) is 11.4 Å². The summed E-state index contributed by atoms with van der Waals surface area (Å²) in [6.07, 6.45) is 2.10. The molecule has 0 unspecified atom stereocenters. The first-order valence-electron chi connectivity index (χ1n) is 15.5. The summed E-state index contributed by atoms with van der Waals surface area (Å²) in [4.78, 5) is 0. The number of ether oxygens (including phenoxy) is 1. The van der Waals surface area contributed by atoms with Gasteiger partial charge in [0.25, 0.3) is 0 Å². The van der Waals surface area contributed by atoms with Gasteiger partial charge in [0.05, 0.1) is 7.11 Å². The van der Waals surface area contributed by atoms with Crippen LogP contribution in [0.2, 0.25) is 0 Å². The minimum atomic E-state index is 0.0169. The highest BCUT2D eigenvalue weighted by Gasteiger charge is 2.26. The van der Waals surface area contributed by atoms with Crippen LogP contribution in [0.5, 0.6) is 5.75 Å². The normalized spacial score (nSPS) is 11.0. The van der Waals surface area contributed by atoms with Crippen molar-refractivity contribution in [3.8, 4) is 5.75 Å². The van der Waals surface area contributed by atoms with Crippen molar-refractivity contribution in [2.45, 2.75) is 59.5 Å². The maximum Gasteiger partial charge on any atom is 0.118 e. The number of anilines is 2. The van der Waals surface area contributed by atoms with Crippen LogP contribution >= 0.6 is 0 Å². The average Bonchev–Trinajstić information content (AvgIpc) is 3.05. The van der Waals surface area contributed by atoms with Gasteiger partial charge in [0.1, 0.15) is 5.75 Å². The van der Waals surface area contributed by atoms with E-state index in [9.17, 15) is 0 Å². The Morgan fingerprint density at radius 2 is 0.953 bits per heavy atom. The van der Waals surface area contributed by atoms with Crippen LogP contribution in [0, 0.1) is 13.8 Å². The lowest BCUT2D eigenvalue weighted by Gasteiger charge is -2.28. The van der Waals surface area contributed by atoms with E-state index in [-0.39, 0.29) is 5.92 Å². The Kier molecular flexibility index (Phi) is 9.84. The molecule has 3 nitrogen and oxygen atoms in total. The van der Waals surface area contributed by atoms with Crippen molar-refractivity contribution in [2.75, 3.05) is 17.7 Å². The summed E-state index contributed by atoms with van der Waals surface area (Å²) < 4.78 is 5.54. The third kappa shape index (κ3) is 7.11. The molecule has 0 fully saturated rings. The molecule has 5 aromatic carbocycles. The van der Waals surface area contributed by atoms with E-state index in [1.807, 2.05) is 0 Å². The fraction of sp³-hybridized carbons (Fsp3) is 0.250. The molecule has 0 saturated heterocycles. The Labute approximate surface area is 258 Å². The van der Waals surface area contributed by atoms with Gasteiger partial charge in [-0.3, -0.25) is 0 Å². The van der Waals surface area contributed by atoms with E-state index in [1.165, 1.54) is 50.1 Å². The van der Waals surface area contributed by atoms with Crippen LogP contribution in [-0.4, -0.2) is 7.11 Å². The molecule has 43 heavy (non-hydrogen) atoms. The molecule has 0 saturated carbocycles. The van der Waals surface area contributed by atoms with E-state index in [2.05, 4.69) is 148 Å². The third-order valence-electron chi connectivity index (χ3n) is 8.50. The number of nitrogens with one attached hydrogen (secondary N) is 2. The molecule has 0 aliphatic heterocycles. The maximum atomic E-state index is 5.54. The van der Waals surface area contributed by atoms with Crippen molar-refractivity contribution in [2.24, 2.45) is 0 Å². The molecule has 0 bridgehead atoms. The lowest BCUT2D eigenvalue weighted by Crippen LogP contribution is -2.14. The van der Waals surface area contributed by atoms with Crippen molar-refractivity contribution in [3.63, 3.8) is 0 Å². The van der Waals surface area contributed by atoms with Gasteiger partial charge >= 0.3 is 0 Å². The molecule has 0 aliphatic carbocycles. The standard InChI is InChI=1S/C40H44N2O/c1-6-30-14-18-32(19-15-30)26-41-36-12-8-10-28(3)38(36)40(34-22-24-35(43-5)25-23-34)39-29(4)11-9-13-37(39)42-27-33-20-16-31(7-2)17-21-33/h8-25,40-42H,6-7,26-27H2,1-5H3. The second kappa shape index (κ2) is 14.1. The monoisotopic (exact) mass is 568 g/mol. The van der Waals surface area contributed by atoms with E-state index in [0.717, 1.165) is 43.1 Å². The number of rotatable bonds is 12. The Morgan fingerprint density at radius 3 is 1.35 bits per heavy atom. The van der Waals surface area contributed by atoms with Crippen molar-refractivity contribution >= 4 is 11.4 Å². The Hall–Kier alpha value is -4.50. The van der Waals surface area contributed by atoms with Crippen molar-refractivity contribution < 1.29 is 4.74 Å². The van der Waals surface area contributed by atoms with E-state index in [4.69, 9.17) is 4.74 Å². The summed E-state index contributed by atoms with van der Waals surface area (Å²) in [7, 11) is 1.72. The molecule has 0 radical (unpaired) electrons. The molecule has 3 heteroatoms. The van der Waals surface area contributed by atoms with Gasteiger partial charge in [-0.25, -0.2) is 0 Å². The topological polar surface area (TPSA) is 33.3 Å². The summed E-state index contributed by atoms with van der Waals surface area (Å²) in [6, 6.07) is 39.7. The van der Waals surface area contributed by atoms with Gasteiger partial charge in [-0.2, -0.15) is 0 Å². The molecule has 0 amide bonds. The van der Waals surface area contributed by atoms with Crippen molar-refractivity contribution in [1.29, 1.82) is 0 Å². The molecule has 2 N–H and O–H groups in total. The van der Waals surface area contributed by atoms with Crippen LogP contribution in [0.15, 0.2) is 109 Å². The molecular weight excluding hydrogens is 524 g/mol. The van der Waals surface area contributed by atoms with Gasteiger partial charge in [0.2, 0.25) is 0 Å². The Bertz CT molecular complexity index is 1520. The Morgan fingerprint density at radius 1 is 0.535 bits per heavy atom. The molecule has 0 atom stereocenters. The first-order chi connectivity index (χ1) is 21.0. The number of benzene rings is 5. The molecule has 5 rings (SSSR count). The second-order valence-corrected chi connectivity index (χ2v) is 11.3. The van der Waals surface area contributed by atoms with Crippen LogP contribution in [-0.2, 0) is 25.9 Å². The van der Waals surface area contributed by atoms with Crippen LogP contribution in [0.1, 0.15) is 69.8 Å². The lowest BCUT2D eigenvalue weighted by molar-refractivity contribution is 0.414. The fourth-order valence-electron chi connectivity index (χ4n) is 5.89. The summed E-state index contributed by atoms with van der Waals surface area (Å²) >= 11 is 0. The minimum Gasteiger partial charge on any atom is -0.497 e. The number of methoxy groups -OCH3 is 1. The SMILES string of the molecule is CCc1ccc(CNc2cccc(C)c2C(c2ccc(OC)cc2)c2c(C)cccc2NCc2ccc(CC)cc2)cc1. The van der Waals surface area contributed by atoms with Gasteiger partial charge in [-0.15, -0.1) is 0 Å². The average molecular weight is 569 g/mol. The maximum absolute atomic E-state index is 5.54. The van der Waals surface area contributed by atoms with E-state index < -0.39 is 0 Å². The second-order valence-electron chi connectivity index (χ2n) is 11.3. The first-order valence-corrected chi connectivity index (χ1v) is 15.5. The molecular formula is C40H44N2O.